The Hall–Kier alpha value is -1.61. The number of ether oxygens (including phenoxy) is 1. The van der Waals surface area contributed by atoms with Gasteiger partial charge in [0.1, 0.15) is 0 Å². The summed E-state index contributed by atoms with van der Waals surface area (Å²) in [6.45, 7) is 1.24. The van der Waals surface area contributed by atoms with Crippen LogP contribution in [0, 0.1) is 0 Å². The van der Waals surface area contributed by atoms with Crippen molar-refractivity contribution >= 4 is 29.4 Å². The van der Waals surface area contributed by atoms with Crippen molar-refractivity contribution in [1.29, 1.82) is 0 Å². The molecule has 0 aromatic heterocycles. The zero-order valence-corrected chi connectivity index (χ0v) is 9.48. The molecule has 1 rings (SSSR count). The third kappa shape index (κ3) is 3.87. The standard InChI is InChI=1S/C12H11ClO3/c1-9(14)11(13)12(15)16-8-7-10-5-3-2-4-6-10/h2-8,11H,1H3. The molecule has 1 atom stereocenters. The molecule has 0 N–H and O–H groups in total. The highest BCUT2D eigenvalue weighted by atomic mass is 35.5. The minimum Gasteiger partial charge on any atom is -0.433 e. The van der Waals surface area contributed by atoms with Crippen molar-refractivity contribution in [2.75, 3.05) is 0 Å². The minimum absolute atomic E-state index is 0.431. The summed E-state index contributed by atoms with van der Waals surface area (Å²) in [7, 11) is 0. The van der Waals surface area contributed by atoms with Gasteiger partial charge in [-0.2, -0.15) is 0 Å². The molecule has 0 saturated heterocycles. The Bertz CT molecular complexity index is 398. The van der Waals surface area contributed by atoms with Gasteiger partial charge < -0.3 is 4.74 Å². The molecule has 84 valence electrons. The number of alkyl halides is 1. The van der Waals surface area contributed by atoms with Crippen LogP contribution in [0.25, 0.3) is 6.08 Å². The molecular formula is C12H11ClO3. The summed E-state index contributed by atoms with van der Waals surface area (Å²) in [5.74, 6) is -1.19. The molecule has 0 amide bonds. The first-order valence-corrected chi connectivity index (χ1v) is 5.11. The summed E-state index contributed by atoms with van der Waals surface area (Å²) in [5, 5.41) is -1.24. The predicted molar refractivity (Wildman–Crippen MR) is 61.9 cm³/mol. The van der Waals surface area contributed by atoms with E-state index in [-0.39, 0.29) is 0 Å². The van der Waals surface area contributed by atoms with Gasteiger partial charge in [-0.15, -0.1) is 11.6 Å². The number of ketones is 1. The third-order valence-electron chi connectivity index (χ3n) is 1.81. The van der Waals surface area contributed by atoms with Gasteiger partial charge in [-0.05, 0) is 18.6 Å². The fraction of sp³-hybridized carbons (Fsp3) is 0.167. The molecule has 4 heteroatoms. The Balaban J connectivity index is 2.49. The summed E-state index contributed by atoms with van der Waals surface area (Å²) >= 11 is 5.49. The van der Waals surface area contributed by atoms with Gasteiger partial charge in [-0.1, -0.05) is 30.3 Å². The van der Waals surface area contributed by atoms with Crippen molar-refractivity contribution < 1.29 is 14.3 Å². The molecule has 0 aliphatic carbocycles. The molecule has 0 spiro atoms. The van der Waals surface area contributed by atoms with Crippen LogP contribution in [0.4, 0.5) is 0 Å². The summed E-state index contributed by atoms with van der Waals surface area (Å²) in [6, 6.07) is 9.32. The molecular weight excluding hydrogens is 228 g/mol. The first-order valence-electron chi connectivity index (χ1n) is 4.68. The molecule has 1 unspecified atom stereocenters. The second-order valence-corrected chi connectivity index (χ2v) is 3.56. The monoisotopic (exact) mass is 238 g/mol. The zero-order chi connectivity index (χ0) is 12.0. The van der Waals surface area contributed by atoms with Crippen molar-refractivity contribution in [3.05, 3.63) is 42.2 Å². The predicted octanol–water partition coefficient (Wildman–Crippen LogP) is 2.40. The van der Waals surface area contributed by atoms with Crippen LogP contribution in [-0.4, -0.2) is 17.1 Å². The Morgan fingerprint density at radius 3 is 2.50 bits per heavy atom. The lowest BCUT2D eigenvalue weighted by Crippen LogP contribution is -2.22. The summed E-state index contributed by atoms with van der Waals surface area (Å²) < 4.78 is 4.70. The van der Waals surface area contributed by atoms with Crippen LogP contribution in [0.5, 0.6) is 0 Å². The minimum atomic E-state index is -1.24. The van der Waals surface area contributed by atoms with E-state index in [1.54, 1.807) is 6.08 Å². The second kappa shape index (κ2) is 6.08. The first-order chi connectivity index (χ1) is 7.61. The molecule has 0 heterocycles. The lowest BCUT2D eigenvalue weighted by Gasteiger charge is -2.01. The number of esters is 1. The molecule has 0 fully saturated rings. The van der Waals surface area contributed by atoms with Gasteiger partial charge in [0.05, 0.1) is 6.26 Å². The highest BCUT2D eigenvalue weighted by Crippen LogP contribution is 2.04. The third-order valence-corrected chi connectivity index (χ3v) is 2.29. The number of halogens is 1. The molecule has 0 aliphatic rings. The van der Waals surface area contributed by atoms with E-state index < -0.39 is 17.1 Å². The van der Waals surface area contributed by atoms with E-state index in [1.165, 1.54) is 13.2 Å². The molecule has 3 nitrogen and oxygen atoms in total. The van der Waals surface area contributed by atoms with Crippen LogP contribution in [0.1, 0.15) is 12.5 Å². The van der Waals surface area contributed by atoms with Gasteiger partial charge in [0.15, 0.2) is 11.2 Å². The quantitative estimate of drug-likeness (QED) is 0.350. The second-order valence-electron chi connectivity index (χ2n) is 3.12. The number of carbonyl (C=O) groups is 2. The zero-order valence-electron chi connectivity index (χ0n) is 8.72. The number of Topliss-reactive ketones (excluding diaryl/α,β-unsaturated/α-hetero) is 1. The topological polar surface area (TPSA) is 43.4 Å². The van der Waals surface area contributed by atoms with Gasteiger partial charge in [0.2, 0.25) is 0 Å². The van der Waals surface area contributed by atoms with Crippen molar-refractivity contribution in [2.24, 2.45) is 0 Å². The number of rotatable bonds is 4. The average Bonchev–Trinajstić information content (AvgIpc) is 2.29. The van der Waals surface area contributed by atoms with Crippen molar-refractivity contribution in [2.45, 2.75) is 12.3 Å². The maximum atomic E-state index is 11.1. The van der Waals surface area contributed by atoms with E-state index in [0.29, 0.717) is 0 Å². The van der Waals surface area contributed by atoms with Gasteiger partial charge >= 0.3 is 5.97 Å². The van der Waals surface area contributed by atoms with Crippen LogP contribution in [0.3, 0.4) is 0 Å². The van der Waals surface area contributed by atoms with E-state index in [1.807, 2.05) is 30.3 Å². The van der Waals surface area contributed by atoms with Gasteiger partial charge in [0, 0.05) is 0 Å². The maximum Gasteiger partial charge on any atom is 0.336 e. The number of hydrogen-bond donors (Lipinski definition) is 0. The van der Waals surface area contributed by atoms with Gasteiger partial charge in [0.25, 0.3) is 0 Å². The average molecular weight is 239 g/mol. The lowest BCUT2D eigenvalue weighted by atomic mass is 10.2. The Kier molecular flexibility index (Phi) is 4.73. The number of benzene rings is 1. The van der Waals surface area contributed by atoms with E-state index in [0.717, 1.165) is 5.56 Å². The Morgan fingerprint density at radius 1 is 1.31 bits per heavy atom. The SMILES string of the molecule is CC(=O)C(Cl)C(=O)OC=Cc1ccccc1. The summed E-state index contributed by atoms with van der Waals surface area (Å²) in [4.78, 5) is 21.9. The van der Waals surface area contributed by atoms with E-state index in [2.05, 4.69) is 0 Å². The molecule has 0 saturated carbocycles. The van der Waals surface area contributed by atoms with Crippen LogP contribution in [0.2, 0.25) is 0 Å². The molecule has 1 aromatic carbocycles. The van der Waals surface area contributed by atoms with Gasteiger partial charge in [-0.25, -0.2) is 4.79 Å². The summed E-state index contributed by atoms with van der Waals surface area (Å²) in [5.41, 5.74) is 0.893. The fourth-order valence-corrected chi connectivity index (χ4v) is 1.02. The smallest absolute Gasteiger partial charge is 0.336 e. The number of carbonyl (C=O) groups excluding carboxylic acids is 2. The molecule has 16 heavy (non-hydrogen) atoms. The Morgan fingerprint density at radius 2 is 1.94 bits per heavy atom. The highest BCUT2D eigenvalue weighted by molar-refractivity contribution is 6.40. The van der Waals surface area contributed by atoms with Crippen molar-refractivity contribution in [1.82, 2.24) is 0 Å². The van der Waals surface area contributed by atoms with E-state index in [9.17, 15) is 9.59 Å². The molecule has 0 aliphatic heterocycles. The summed E-state index contributed by atoms with van der Waals surface area (Å²) in [6.07, 6.45) is 2.83. The first kappa shape index (κ1) is 12.5. The maximum absolute atomic E-state index is 11.1. The van der Waals surface area contributed by atoms with E-state index in [4.69, 9.17) is 16.3 Å². The molecule has 0 radical (unpaired) electrons. The van der Waals surface area contributed by atoms with Crippen molar-refractivity contribution in [3.63, 3.8) is 0 Å². The molecule has 0 bridgehead atoms. The number of hydrogen-bond acceptors (Lipinski definition) is 3. The lowest BCUT2D eigenvalue weighted by molar-refractivity contribution is -0.140. The van der Waals surface area contributed by atoms with Crippen LogP contribution >= 0.6 is 11.6 Å². The van der Waals surface area contributed by atoms with Crippen LogP contribution < -0.4 is 0 Å². The highest BCUT2D eigenvalue weighted by Gasteiger charge is 2.20. The van der Waals surface area contributed by atoms with E-state index >= 15 is 0 Å². The van der Waals surface area contributed by atoms with Crippen LogP contribution in [-0.2, 0) is 14.3 Å². The largest absolute Gasteiger partial charge is 0.433 e. The van der Waals surface area contributed by atoms with Crippen molar-refractivity contribution in [3.8, 4) is 0 Å². The van der Waals surface area contributed by atoms with Crippen LogP contribution in [0.15, 0.2) is 36.6 Å². The molecule has 1 aromatic rings. The fourth-order valence-electron chi connectivity index (χ4n) is 0.970. The Labute approximate surface area is 98.7 Å². The van der Waals surface area contributed by atoms with Gasteiger partial charge in [-0.3, -0.25) is 4.79 Å². The normalized spacial score (nSPS) is 12.4.